The molecule has 3 rings (SSSR count). The van der Waals surface area contributed by atoms with Crippen molar-refractivity contribution >= 4 is 5.97 Å². The summed E-state index contributed by atoms with van der Waals surface area (Å²) in [6.07, 6.45) is 1.71. The quantitative estimate of drug-likeness (QED) is 0.769. The first-order chi connectivity index (χ1) is 12.7. The first-order valence-corrected chi connectivity index (χ1v) is 9.40. The summed E-state index contributed by atoms with van der Waals surface area (Å²) < 4.78 is 8.51. The first kappa shape index (κ1) is 19.4. The maximum absolute atomic E-state index is 12.6. The summed E-state index contributed by atoms with van der Waals surface area (Å²) in [6.45, 7) is 7.49. The van der Waals surface area contributed by atoms with Gasteiger partial charge < -0.3 is 4.74 Å². The maximum atomic E-state index is 12.6. The van der Waals surface area contributed by atoms with Crippen LogP contribution in [0.5, 0.6) is 0 Å². The molecule has 1 aromatic heterocycles. The van der Waals surface area contributed by atoms with Gasteiger partial charge in [-0.15, -0.1) is 0 Å². The van der Waals surface area contributed by atoms with Crippen LogP contribution < -0.4 is 5.69 Å². The van der Waals surface area contributed by atoms with E-state index in [1.54, 1.807) is 11.6 Å². The second-order valence-corrected chi connectivity index (χ2v) is 8.07. The van der Waals surface area contributed by atoms with Crippen LogP contribution in [0.4, 0.5) is 0 Å². The topological polar surface area (TPSA) is 69.4 Å². The van der Waals surface area contributed by atoms with Crippen molar-refractivity contribution < 1.29 is 9.53 Å². The van der Waals surface area contributed by atoms with Crippen LogP contribution in [0, 0.1) is 0 Å². The third kappa shape index (κ3) is 4.66. The van der Waals surface area contributed by atoms with Gasteiger partial charge in [0.25, 0.3) is 0 Å². The number of piperidine rings is 1. The molecule has 1 fully saturated rings. The molecule has 0 spiro atoms. The van der Waals surface area contributed by atoms with Gasteiger partial charge >= 0.3 is 11.7 Å². The lowest BCUT2D eigenvalue weighted by Gasteiger charge is -2.31. The van der Waals surface area contributed by atoms with Crippen molar-refractivity contribution in [3.8, 4) is 5.69 Å². The number of benzene rings is 1. The van der Waals surface area contributed by atoms with Crippen LogP contribution in [0.3, 0.4) is 0 Å². The van der Waals surface area contributed by atoms with E-state index in [4.69, 9.17) is 4.74 Å². The van der Waals surface area contributed by atoms with E-state index < -0.39 is 5.60 Å². The molecule has 0 aliphatic carbocycles. The average molecular weight is 372 g/mol. The van der Waals surface area contributed by atoms with Gasteiger partial charge in [0.05, 0.1) is 12.2 Å². The lowest BCUT2D eigenvalue weighted by atomic mass is 9.96. The van der Waals surface area contributed by atoms with E-state index >= 15 is 0 Å². The second-order valence-electron chi connectivity index (χ2n) is 8.07. The molecule has 1 saturated heterocycles. The van der Waals surface area contributed by atoms with Crippen molar-refractivity contribution in [2.24, 2.45) is 7.05 Å². The van der Waals surface area contributed by atoms with Gasteiger partial charge in [0.2, 0.25) is 0 Å². The lowest BCUT2D eigenvalue weighted by Crippen LogP contribution is -2.39. The summed E-state index contributed by atoms with van der Waals surface area (Å²) in [5.74, 6) is 0.791. The Morgan fingerprint density at radius 1 is 1.19 bits per heavy atom. The van der Waals surface area contributed by atoms with Gasteiger partial charge in [-0.05, 0) is 58.8 Å². The van der Waals surface area contributed by atoms with E-state index in [1.807, 2.05) is 51.1 Å². The number of ether oxygens (including phenoxy) is 1. The molecule has 7 nitrogen and oxygen atoms in total. The molecular formula is C20H28N4O3. The van der Waals surface area contributed by atoms with E-state index in [-0.39, 0.29) is 17.6 Å². The summed E-state index contributed by atoms with van der Waals surface area (Å²) in [6, 6.07) is 9.61. The molecule has 0 bridgehead atoms. The number of carbonyl (C=O) groups excluding carboxylic acids is 1. The Morgan fingerprint density at radius 2 is 1.81 bits per heavy atom. The van der Waals surface area contributed by atoms with Gasteiger partial charge in [-0.2, -0.15) is 5.10 Å². The largest absolute Gasteiger partial charge is 0.459 e. The minimum atomic E-state index is -0.463. The molecule has 1 aromatic carbocycles. The van der Waals surface area contributed by atoms with Crippen LogP contribution in [-0.4, -0.2) is 50.5 Å². The Balaban J connectivity index is 1.70. The van der Waals surface area contributed by atoms with Crippen LogP contribution in [0.15, 0.2) is 35.1 Å². The molecule has 7 heteroatoms. The molecule has 0 unspecified atom stereocenters. The van der Waals surface area contributed by atoms with E-state index in [2.05, 4.69) is 10.00 Å². The standard InChI is InChI=1S/C20H28N4O3/c1-20(2,3)27-17(25)14-23-12-10-15(11-13-23)18-21-22(4)19(26)24(18)16-8-6-5-7-9-16/h5-9,15H,10-14H2,1-4H3. The van der Waals surface area contributed by atoms with Crippen LogP contribution >= 0.6 is 0 Å². The molecular weight excluding hydrogens is 344 g/mol. The monoisotopic (exact) mass is 372 g/mol. The second kappa shape index (κ2) is 7.68. The lowest BCUT2D eigenvalue weighted by molar-refractivity contribution is -0.156. The van der Waals surface area contributed by atoms with E-state index in [0.717, 1.165) is 37.4 Å². The maximum Gasteiger partial charge on any atom is 0.350 e. The van der Waals surface area contributed by atoms with Gasteiger partial charge in [-0.25, -0.2) is 14.0 Å². The molecule has 0 N–H and O–H groups in total. The molecule has 2 heterocycles. The Labute approximate surface area is 159 Å². The van der Waals surface area contributed by atoms with Crippen molar-refractivity contribution in [2.75, 3.05) is 19.6 Å². The molecule has 27 heavy (non-hydrogen) atoms. The van der Waals surface area contributed by atoms with Crippen molar-refractivity contribution in [3.05, 3.63) is 46.6 Å². The third-order valence-electron chi connectivity index (χ3n) is 4.69. The average Bonchev–Trinajstić information content (AvgIpc) is 2.90. The number of hydrogen-bond donors (Lipinski definition) is 0. The number of carbonyl (C=O) groups is 1. The number of hydrogen-bond acceptors (Lipinski definition) is 5. The number of likely N-dealkylation sites (tertiary alicyclic amines) is 1. The molecule has 2 aromatic rings. The predicted molar refractivity (Wildman–Crippen MR) is 103 cm³/mol. The molecule has 0 saturated carbocycles. The zero-order valence-corrected chi connectivity index (χ0v) is 16.5. The Morgan fingerprint density at radius 3 is 2.41 bits per heavy atom. The van der Waals surface area contributed by atoms with Gasteiger partial charge in [-0.3, -0.25) is 9.69 Å². The Hall–Kier alpha value is -2.41. The fourth-order valence-electron chi connectivity index (χ4n) is 3.47. The van der Waals surface area contributed by atoms with E-state index in [1.165, 1.54) is 4.68 Å². The molecule has 0 atom stereocenters. The van der Waals surface area contributed by atoms with Crippen LogP contribution in [0.25, 0.3) is 5.69 Å². The van der Waals surface area contributed by atoms with Gasteiger partial charge in [0, 0.05) is 13.0 Å². The summed E-state index contributed by atoms with van der Waals surface area (Å²) in [4.78, 5) is 26.7. The van der Waals surface area contributed by atoms with Crippen molar-refractivity contribution in [1.82, 2.24) is 19.2 Å². The first-order valence-electron chi connectivity index (χ1n) is 9.40. The van der Waals surface area contributed by atoms with Gasteiger partial charge in [0.15, 0.2) is 0 Å². The SMILES string of the molecule is Cn1nc(C2CCN(CC(=O)OC(C)(C)C)CC2)n(-c2ccccc2)c1=O. The summed E-state index contributed by atoms with van der Waals surface area (Å²) in [7, 11) is 1.68. The fraction of sp³-hybridized carbons (Fsp3) is 0.550. The normalized spacial score (nSPS) is 16.4. The Kier molecular flexibility index (Phi) is 5.51. The van der Waals surface area contributed by atoms with Crippen LogP contribution in [-0.2, 0) is 16.6 Å². The summed E-state index contributed by atoms with van der Waals surface area (Å²) >= 11 is 0. The highest BCUT2D eigenvalue weighted by molar-refractivity contribution is 5.72. The summed E-state index contributed by atoms with van der Waals surface area (Å²) in [5, 5.41) is 4.50. The molecule has 1 aliphatic rings. The van der Waals surface area contributed by atoms with Crippen molar-refractivity contribution in [3.63, 3.8) is 0 Å². The van der Waals surface area contributed by atoms with Gasteiger partial charge in [-0.1, -0.05) is 18.2 Å². The van der Waals surface area contributed by atoms with E-state index in [9.17, 15) is 9.59 Å². The van der Waals surface area contributed by atoms with E-state index in [0.29, 0.717) is 6.54 Å². The van der Waals surface area contributed by atoms with Crippen molar-refractivity contribution in [1.29, 1.82) is 0 Å². The highest BCUT2D eigenvalue weighted by Gasteiger charge is 2.28. The van der Waals surface area contributed by atoms with Crippen molar-refractivity contribution in [2.45, 2.75) is 45.1 Å². The Bertz CT molecular complexity index is 840. The number of rotatable bonds is 4. The fourth-order valence-corrected chi connectivity index (χ4v) is 3.47. The minimum Gasteiger partial charge on any atom is -0.459 e. The molecule has 1 aliphatic heterocycles. The zero-order chi connectivity index (χ0) is 19.6. The molecule has 146 valence electrons. The highest BCUT2D eigenvalue weighted by Crippen LogP contribution is 2.27. The smallest absolute Gasteiger partial charge is 0.350 e. The highest BCUT2D eigenvalue weighted by atomic mass is 16.6. The zero-order valence-electron chi connectivity index (χ0n) is 16.5. The van der Waals surface area contributed by atoms with Gasteiger partial charge in [0.1, 0.15) is 11.4 Å². The number of esters is 1. The van der Waals surface area contributed by atoms with Crippen LogP contribution in [0.1, 0.15) is 45.4 Å². The summed E-state index contributed by atoms with van der Waals surface area (Å²) in [5.41, 5.74) is 0.240. The molecule has 0 radical (unpaired) electrons. The van der Waals surface area contributed by atoms with Crippen LogP contribution in [0.2, 0.25) is 0 Å². The minimum absolute atomic E-state index is 0.132. The number of para-hydroxylation sites is 1. The number of nitrogens with zero attached hydrogens (tertiary/aromatic N) is 4. The number of aromatic nitrogens is 3. The number of aryl methyl sites for hydroxylation is 1. The predicted octanol–water partition coefficient (Wildman–Crippen LogP) is 2.09. The molecule has 0 amide bonds. The third-order valence-corrected chi connectivity index (χ3v) is 4.69.